The van der Waals surface area contributed by atoms with Gasteiger partial charge in [-0.15, -0.1) is 0 Å². The van der Waals surface area contributed by atoms with Crippen LogP contribution in [0.15, 0.2) is 18.2 Å². The van der Waals surface area contributed by atoms with Crippen LogP contribution in [0.1, 0.15) is 12.0 Å². The number of hydrogen-bond acceptors (Lipinski definition) is 3. The van der Waals surface area contributed by atoms with Crippen LogP contribution in [-0.2, 0) is 6.42 Å². The van der Waals surface area contributed by atoms with Crippen molar-refractivity contribution in [3.63, 3.8) is 0 Å². The highest BCUT2D eigenvalue weighted by Crippen LogP contribution is 2.13. The Morgan fingerprint density at radius 1 is 1.44 bits per heavy atom. The standard InChI is InChI=1S/C11H16F2N2S/c1-16-5-4-10(15-14)7-8-6-9(12)2-3-11(8)13/h2-3,6,10,15H,4-5,7,14H2,1H3. The molecule has 2 nitrogen and oxygen atoms in total. The predicted molar refractivity (Wildman–Crippen MR) is 64.2 cm³/mol. The molecule has 0 saturated heterocycles. The lowest BCUT2D eigenvalue weighted by Gasteiger charge is -2.15. The molecule has 0 aliphatic rings. The molecule has 0 spiro atoms. The Kier molecular flexibility index (Phi) is 5.73. The normalized spacial score (nSPS) is 12.8. The second-order valence-corrected chi connectivity index (χ2v) is 4.57. The molecule has 5 heteroatoms. The van der Waals surface area contributed by atoms with Gasteiger partial charge in [-0.1, -0.05) is 0 Å². The van der Waals surface area contributed by atoms with E-state index in [0.29, 0.717) is 12.0 Å². The fourth-order valence-electron chi connectivity index (χ4n) is 1.47. The predicted octanol–water partition coefficient (Wildman–Crippen LogP) is 2.09. The number of halogens is 2. The van der Waals surface area contributed by atoms with Gasteiger partial charge in [0.2, 0.25) is 0 Å². The van der Waals surface area contributed by atoms with Gasteiger partial charge in [0.05, 0.1) is 0 Å². The zero-order chi connectivity index (χ0) is 12.0. The van der Waals surface area contributed by atoms with Crippen molar-refractivity contribution in [3.05, 3.63) is 35.4 Å². The molecule has 1 atom stereocenters. The fourth-order valence-corrected chi connectivity index (χ4v) is 1.99. The van der Waals surface area contributed by atoms with Crippen LogP contribution in [0.5, 0.6) is 0 Å². The average molecular weight is 246 g/mol. The summed E-state index contributed by atoms with van der Waals surface area (Å²) in [6.45, 7) is 0. The van der Waals surface area contributed by atoms with E-state index in [2.05, 4.69) is 5.43 Å². The molecule has 0 fully saturated rings. The van der Waals surface area contributed by atoms with Crippen molar-refractivity contribution in [2.24, 2.45) is 5.84 Å². The summed E-state index contributed by atoms with van der Waals surface area (Å²) in [4.78, 5) is 0. The van der Waals surface area contributed by atoms with E-state index in [-0.39, 0.29) is 11.9 Å². The number of rotatable bonds is 6. The Hall–Kier alpha value is -0.650. The summed E-state index contributed by atoms with van der Waals surface area (Å²) in [5.41, 5.74) is 2.99. The van der Waals surface area contributed by atoms with Gasteiger partial charge in [-0.3, -0.25) is 11.3 Å². The third kappa shape index (κ3) is 4.08. The van der Waals surface area contributed by atoms with Crippen molar-refractivity contribution in [2.45, 2.75) is 18.9 Å². The number of benzene rings is 1. The van der Waals surface area contributed by atoms with E-state index < -0.39 is 5.82 Å². The van der Waals surface area contributed by atoms with E-state index in [1.165, 1.54) is 6.07 Å². The molecule has 1 aromatic rings. The molecule has 0 amide bonds. The first kappa shape index (κ1) is 13.4. The van der Waals surface area contributed by atoms with Crippen molar-refractivity contribution in [1.82, 2.24) is 5.43 Å². The van der Waals surface area contributed by atoms with E-state index >= 15 is 0 Å². The van der Waals surface area contributed by atoms with Gasteiger partial charge in [0.1, 0.15) is 11.6 Å². The van der Waals surface area contributed by atoms with Gasteiger partial charge in [0, 0.05) is 6.04 Å². The zero-order valence-electron chi connectivity index (χ0n) is 9.17. The molecule has 1 aromatic carbocycles. The summed E-state index contributed by atoms with van der Waals surface area (Å²) in [6.07, 6.45) is 3.23. The van der Waals surface area contributed by atoms with Crippen molar-refractivity contribution in [1.29, 1.82) is 0 Å². The molecule has 0 aliphatic heterocycles. The van der Waals surface area contributed by atoms with E-state index in [1.54, 1.807) is 11.8 Å². The number of hydrogen-bond donors (Lipinski definition) is 2. The molecule has 1 unspecified atom stereocenters. The van der Waals surface area contributed by atoms with Crippen LogP contribution in [0.3, 0.4) is 0 Å². The minimum absolute atomic E-state index is 0.0243. The highest BCUT2D eigenvalue weighted by atomic mass is 32.2. The highest BCUT2D eigenvalue weighted by molar-refractivity contribution is 7.98. The summed E-state index contributed by atoms with van der Waals surface area (Å²) >= 11 is 1.70. The number of hydrazine groups is 1. The van der Waals surface area contributed by atoms with Crippen LogP contribution in [0.4, 0.5) is 8.78 Å². The quantitative estimate of drug-likeness (QED) is 0.596. The van der Waals surface area contributed by atoms with Gasteiger partial charge in [-0.25, -0.2) is 8.78 Å². The summed E-state index contributed by atoms with van der Waals surface area (Å²) < 4.78 is 26.3. The van der Waals surface area contributed by atoms with Gasteiger partial charge in [0.25, 0.3) is 0 Å². The SMILES string of the molecule is CSCCC(Cc1cc(F)ccc1F)NN. The summed E-state index contributed by atoms with van der Waals surface area (Å²) in [5.74, 6) is 5.51. The maximum absolute atomic E-state index is 13.3. The molecular formula is C11H16F2N2S. The maximum atomic E-state index is 13.3. The van der Waals surface area contributed by atoms with E-state index in [4.69, 9.17) is 5.84 Å². The lowest BCUT2D eigenvalue weighted by molar-refractivity contribution is 0.496. The summed E-state index contributed by atoms with van der Waals surface area (Å²) in [6, 6.07) is 3.46. The third-order valence-corrected chi connectivity index (χ3v) is 3.02. The van der Waals surface area contributed by atoms with Gasteiger partial charge in [-0.2, -0.15) is 11.8 Å². The Balaban J connectivity index is 2.65. The van der Waals surface area contributed by atoms with Crippen molar-refractivity contribution in [3.8, 4) is 0 Å². The van der Waals surface area contributed by atoms with E-state index in [1.807, 2.05) is 6.26 Å². The first-order valence-corrected chi connectivity index (χ1v) is 6.45. The molecule has 0 aliphatic carbocycles. The van der Waals surface area contributed by atoms with Gasteiger partial charge >= 0.3 is 0 Å². The molecule has 0 aromatic heterocycles. The Morgan fingerprint density at radius 3 is 2.81 bits per heavy atom. The van der Waals surface area contributed by atoms with Crippen LogP contribution >= 0.6 is 11.8 Å². The third-order valence-electron chi connectivity index (χ3n) is 2.38. The lowest BCUT2D eigenvalue weighted by Crippen LogP contribution is -2.37. The van der Waals surface area contributed by atoms with Crippen LogP contribution in [0, 0.1) is 11.6 Å². The Labute approximate surface area is 98.6 Å². The van der Waals surface area contributed by atoms with E-state index in [0.717, 1.165) is 24.3 Å². The van der Waals surface area contributed by atoms with Crippen molar-refractivity contribution >= 4 is 11.8 Å². The molecule has 0 saturated carbocycles. The van der Waals surface area contributed by atoms with Crippen molar-refractivity contribution < 1.29 is 8.78 Å². The molecule has 0 radical (unpaired) electrons. The molecule has 0 bridgehead atoms. The summed E-state index contributed by atoms with van der Waals surface area (Å²) in [5, 5.41) is 0. The van der Waals surface area contributed by atoms with Crippen LogP contribution in [0.2, 0.25) is 0 Å². The second kappa shape index (κ2) is 6.83. The largest absolute Gasteiger partial charge is 0.271 e. The zero-order valence-corrected chi connectivity index (χ0v) is 9.99. The van der Waals surface area contributed by atoms with Crippen LogP contribution in [0.25, 0.3) is 0 Å². The highest BCUT2D eigenvalue weighted by Gasteiger charge is 2.11. The van der Waals surface area contributed by atoms with Gasteiger partial charge in [-0.05, 0) is 48.6 Å². The fraction of sp³-hybridized carbons (Fsp3) is 0.455. The topological polar surface area (TPSA) is 38.0 Å². The minimum atomic E-state index is -0.419. The van der Waals surface area contributed by atoms with Gasteiger partial charge < -0.3 is 0 Å². The molecule has 16 heavy (non-hydrogen) atoms. The number of nitrogens with one attached hydrogen (secondary N) is 1. The molecule has 0 heterocycles. The number of thioether (sulfide) groups is 1. The Morgan fingerprint density at radius 2 is 2.19 bits per heavy atom. The maximum Gasteiger partial charge on any atom is 0.126 e. The number of nitrogens with two attached hydrogens (primary N) is 1. The molecular weight excluding hydrogens is 230 g/mol. The smallest absolute Gasteiger partial charge is 0.126 e. The van der Waals surface area contributed by atoms with Crippen LogP contribution in [-0.4, -0.2) is 18.1 Å². The monoisotopic (exact) mass is 246 g/mol. The van der Waals surface area contributed by atoms with Crippen molar-refractivity contribution in [2.75, 3.05) is 12.0 Å². The molecule has 90 valence electrons. The van der Waals surface area contributed by atoms with Crippen LogP contribution < -0.4 is 11.3 Å². The lowest BCUT2D eigenvalue weighted by atomic mass is 10.0. The Bertz CT molecular complexity index is 334. The summed E-state index contributed by atoms with van der Waals surface area (Å²) in [7, 11) is 0. The molecule has 3 N–H and O–H groups in total. The first-order valence-electron chi connectivity index (χ1n) is 5.06. The van der Waals surface area contributed by atoms with Gasteiger partial charge in [0.15, 0.2) is 0 Å². The first-order chi connectivity index (χ1) is 7.67. The molecule has 1 rings (SSSR count). The minimum Gasteiger partial charge on any atom is -0.271 e. The average Bonchev–Trinajstić information content (AvgIpc) is 2.28. The van der Waals surface area contributed by atoms with E-state index in [9.17, 15) is 8.78 Å². The second-order valence-electron chi connectivity index (χ2n) is 3.58.